The molecule has 5 nitrogen and oxygen atoms in total. The van der Waals surface area contributed by atoms with Crippen molar-refractivity contribution in [2.24, 2.45) is 0 Å². The minimum atomic E-state index is 0.0300. The van der Waals surface area contributed by atoms with E-state index >= 15 is 0 Å². The molecule has 7 heteroatoms. The zero-order valence-electron chi connectivity index (χ0n) is 11.7. The topological polar surface area (TPSA) is 59.0 Å². The number of carbonyl (C=O) groups excluding carboxylic acids is 1. The van der Waals surface area contributed by atoms with Crippen molar-refractivity contribution in [3.05, 3.63) is 33.2 Å². The van der Waals surface area contributed by atoms with Gasteiger partial charge in [-0.15, -0.1) is 11.3 Å². The van der Waals surface area contributed by atoms with Crippen molar-refractivity contribution in [2.75, 3.05) is 5.32 Å². The highest BCUT2D eigenvalue weighted by Gasteiger charge is 2.23. The van der Waals surface area contributed by atoms with Gasteiger partial charge in [0.1, 0.15) is 6.54 Å². The second-order valence-electron chi connectivity index (χ2n) is 5.30. The number of halogens is 1. The van der Waals surface area contributed by atoms with Crippen molar-refractivity contribution in [3.63, 3.8) is 0 Å². The summed E-state index contributed by atoms with van der Waals surface area (Å²) in [4.78, 5) is 13.0. The number of amides is 1. The number of nitrogens with zero attached hydrogens (tertiary/aromatic N) is 2. The molecular weight excluding hydrogens is 352 g/mol. The van der Waals surface area contributed by atoms with E-state index in [-0.39, 0.29) is 18.5 Å². The van der Waals surface area contributed by atoms with Crippen LogP contribution >= 0.6 is 27.3 Å². The van der Waals surface area contributed by atoms with Gasteiger partial charge < -0.3 is 10.6 Å². The van der Waals surface area contributed by atoms with Gasteiger partial charge in [-0.1, -0.05) is 0 Å². The fourth-order valence-corrected chi connectivity index (χ4v) is 3.50. The van der Waals surface area contributed by atoms with E-state index in [1.165, 1.54) is 4.88 Å². The highest BCUT2D eigenvalue weighted by molar-refractivity contribution is 9.10. The fraction of sp³-hybridized carbons (Fsp3) is 0.429. The smallest absolute Gasteiger partial charge is 0.241 e. The predicted octanol–water partition coefficient (Wildman–Crippen LogP) is 3.16. The van der Waals surface area contributed by atoms with Crippen molar-refractivity contribution >= 4 is 38.9 Å². The second kappa shape index (κ2) is 6.19. The second-order valence-corrected chi connectivity index (χ2v) is 7.16. The summed E-state index contributed by atoms with van der Waals surface area (Å²) < 4.78 is 2.76. The summed E-state index contributed by atoms with van der Waals surface area (Å²) in [6, 6.07) is 2.71. The minimum Gasteiger partial charge on any atom is -0.375 e. The zero-order chi connectivity index (χ0) is 14.8. The lowest BCUT2D eigenvalue weighted by Gasteiger charge is -2.11. The van der Waals surface area contributed by atoms with Gasteiger partial charge >= 0.3 is 0 Å². The largest absolute Gasteiger partial charge is 0.375 e. The molecule has 112 valence electrons. The van der Waals surface area contributed by atoms with Crippen LogP contribution in [0, 0.1) is 0 Å². The summed E-state index contributed by atoms with van der Waals surface area (Å²) in [5, 5.41) is 12.6. The average molecular weight is 369 g/mol. The summed E-state index contributed by atoms with van der Waals surface area (Å²) in [5.41, 5.74) is 0.922. The predicted molar refractivity (Wildman–Crippen MR) is 87.4 cm³/mol. The van der Waals surface area contributed by atoms with Gasteiger partial charge in [0.15, 0.2) is 0 Å². The van der Waals surface area contributed by atoms with E-state index in [4.69, 9.17) is 0 Å². The number of rotatable bonds is 6. The molecule has 2 N–H and O–H groups in total. The molecule has 2 aromatic heterocycles. The molecule has 0 aromatic carbocycles. The highest BCUT2D eigenvalue weighted by Crippen LogP contribution is 2.27. The van der Waals surface area contributed by atoms with Gasteiger partial charge in [-0.2, -0.15) is 5.10 Å². The summed E-state index contributed by atoms with van der Waals surface area (Å²) in [7, 11) is 0. The third-order valence-corrected chi connectivity index (χ3v) is 5.16. The van der Waals surface area contributed by atoms with Gasteiger partial charge in [-0.3, -0.25) is 9.48 Å². The molecular formula is C14H17BrN4OS. The quantitative estimate of drug-likeness (QED) is 0.823. The number of carbonyl (C=O) groups is 1. The van der Waals surface area contributed by atoms with Crippen LogP contribution in [-0.4, -0.2) is 21.7 Å². The van der Waals surface area contributed by atoms with Gasteiger partial charge in [0.2, 0.25) is 5.91 Å². The monoisotopic (exact) mass is 368 g/mol. The van der Waals surface area contributed by atoms with Gasteiger partial charge in [0, 0.05) is 27.0 Å². The van der Waals surface area contributed by atoms with E-state index in [2.05, 4.69) is 50.0 Å². The standard InChI is InChI=1S/C14H17BrN4OS/c1-9(13-4-10(15)8-21-13)17-12-5-16-19(6-12)7-14(20)18-11-2-3-11/h4-6,8-9,11,17H,2-3,7H2,1H3,(H,18,20). The molecule has 1 fully saturated rings. The maximum atomic E-state index is 11.7. The van der Waals surface area contributed by atoms with Crippen LogP contribution in [0.4, 0.5) is 5.69 Å². The molecule has 0 aliphatic heterocycles. The number of aromatic nitrogens is 2. The lowest BCUT2D eigenvalue weighted by atomic mass is 10.2. The van der Waals surface area contributed by atoms with Crippen LogP contribution in [0.5, 0.6) is 0 Å². The third kappa shape index (κ3) is 4.07. The summed E-state index contributed by atoms with van der Waals surface area (Å²) in [5.74, 6) is 0.0300. The molecule has 1 unspecified atom stereocenters. The van der Waals surface area contributed by atoms with Crippen molar-refractivity contribution in [2.45, 2.75) is 38.4 Å². The highest BCUT2D eigenvalue weighted by atomic mass is 79.9. The van der Waals surface area contributed by atoms with Crippen LogP contribution in [-0.2, 0) is 11.3 Å². The molecule has 1 aliphatic rings. The Labute approximate surface area is 135 Å². The summed E-state index contributed by atoms with van der Waals surface area (Å²) >= 11 is 5.17. The number of thiophene rings is 1. The van der Waals surface area contributed by atoms with Crippen molar-refractivity contribution in [3.8, 4) is 0 Å². The van der Waals surface area contributed by atoms with Crippen LogP contribution in [0.2, 0.25) is 0 Å². The van der Waals surface area contributed by atoms with Gasteiger partial charge in [0.25, 0.3) is 0 Å². The molecule has 0 spiro atoms. The fourth-order valence-electron chi connectivity index (χ4n) is 2.05. The molecule has 1 atom stereocenters. The Hall–Kier alpha value is -1.34. The molecule has 2 aromatic rings. The summed E-state index contributed by atoms with van der Waals surface area (Å²) in [6.07, 6.45) is 5.83. The molecule has 1 amide bonds. The maximum absolute atomic E-state index is 11.7. The first-order valence-electron chi connectivity index (χ1n) is 6.92. The molecule has 1 aliphatic carbocycles. The lowest BCUT2D eigenvalue weighted by molar-refractivity contribution is -0.122. The Bertz CT molecular complexity index is 634. The lowest BCUT2D eigenvalue weighted by Crippen LogP contribution is -2.29. The van der Waals surface area contributed by atoms with E-state index in [0.29, 0.717) is 6.04 Å². The Kier molecular flexibility index (Phi) is 4.30. The first-order chi connectivity index (χ1) is 10.1. The van der Waals surface area contributed by atoms with Crippen molar-refractivity contribution in [1.29, 1.82) is 0 Å². The SMILES string of the molecule is CC(Nc1cnn(CC(=O)NC2CC2)c1)c1cc(Br)cs1. The van der Waals surface area contributed by atoms with Crippen LogP contribution in [0.3, 0.4) is 0 Å². The average Bonchev–Trinajstić information content (AvgIpc) is 2.95. The Balaban J connectivity index is 1.55. The van der Waals surface area contributed by atoms with Crippen LogP contribution in [0.25, 0.3) is 0 Å². The minimum absolute atomic E-state index is 0.0300. The Morgan fingerprint density at radius 3 is 3.10 bits per heavy atom. The van der Waals surface area contributed by atoms with Gasteiger partial charge in [-0.25, -0.2) is 0 Å². The molecule has 0 bridgehead atoms. The molecule has 21 heavy (non-hydrogen) atoms. The first kappa shape index (κ1) is 14.6. The number of nitrogens with one attached hydrogen (secondary N) is 2. The van der Waals surface area contributed by atoms with Crippen molar-refractivity contribution < 1.29 is 4.79 Å². The molecule has 0 saturated heterocycles. The normalized spacial score (nSPS) is 15.7. The van der Waals surface area contributed by atoms with E-state index in [1.54, 1.807) is 22.2 Å². The van der Waals surface area contributed by atoms with Gasteiger partial charge in [0.05, 0.1) is 17.9 Å². The van der Waals surface area contributed by atoms with E-state index in [9.17, 15) is 4.79 Å². The molecule has 0 radical (unpaired) electrons. The Morgan fingerprint density at radius 1 is 1.62 bits per heavy atom. The van der Waals surface area contributed by atoms with E-state index < -0.39 is 0 Å². The molecule has 2 heterocycles. The van der Waals surface area contributed by atoms with E-state index in [1.807, 2.05) is 6.20 Å². The third-order valence-electron chi connectivity index (χ3n) is 3.28. The number of anilines is 1. The van der Waals surface area contributed by atoms with Crippen LogP contribution < -0.4 is 10.6 Å². The molecule has 1 saturated carbocycles. The first-order valence-corrected chi connectivity index (χ1v) is 8.60. The number of hydrogen-bond acceptors (Lipinski definition) is 4. The van der Waals surface area contributed by atoms with E-state index in [0.717, 1.165) is 23.0 Å². The van der Waals surface area contributed by atoms with Crippen molar-refractivity contribution in [1.82, 2.24) is 15.1 Å². The maximum Gasteiger partial charge on any atom is 0.241 e. The molecule has 3 rings (SSSR count). The zero-order valence-corrected chi connectivity index (χ0v) is 14.1. The van der Waals surface area contributed by atoms with Crippen LogP contribution in [0.15, 0.2) is 28.3 Å². The Morgan fingerprint density at radius 2 is 2.43 bits per heavy atom. The van der Waals surface area contributed by atoms with Crippen LogP contribution in [0.1, 0.15) is 30.7 Å². The number of hydrogen-bond donors (Lipinski definition) is 2. The van der Waals surface area contributed by atoms with Gasteiger partial charge in [-0.05, 0) is 41.8 Å². The summed E-state index contributed by atoms with van der Waals surface area (Å²) in [6.45, 7) is 2.38.